The van der Waals surface area contributed by atoms with Crippen LogP contribution in [0.25, 0.3) is 10.9 Å². The molecule has 0 aliphatic carbocycles. The van der Waals surface area contributed by atoms with Gasteiger partial charge in [0, 0.05) is 46.0 Å². The van der Waals surface area contributed by atoms with Crippen molar-refractivity contribution in [2.24, 2.45) is 5.73 Å². The summed E-state index contributed by atoms with van der Waals surface area (Å²) < 4.78 is 0. The Balaban J connectivity index is 1.63. The maximum absolute atomic E-state index is 13.2. The minimum Gasteiger partial charge on any atom is -0.480 e. The van der Waals surface area contributed by atoms with Gasteiger partial charge >= 0.3 is 5.97 Å². The number of nitrogens with zero attached hydrogens (tertiary/aromatic N) is 2. The number of anilines is 1. The number of carbonyl (C=O) groups is 3. The maximum Gasteiger partial charge on any atom is 0.323 e. The number of carbonyl (C=O) groups excluding carboxylic acids is 2. The smallest absolute Gasteiger partial charge is 0.323 e. The molecule has 0 saturated carbocycles. The van der Waals surface area contributed by atoms with Gasteiger partial charge in [0.05, 0.1) is 0 Å². The Morgan fingerprint density at radius 1 is 1.08 bits per heavy atom. The van der Waals surface area contributed by atoms with Gasteiger partial charge in [-0.2, -0.15) is 0 Å². The van der Waals surface area contributed by atoms with E-state index in [-0.39, 0.29) is 23.7 Å². The lowest BCUT2D eigenvalue weighted by Gasteiger charge is -2.20. The molecular weight excluding hydrogens is 458 g/mol. The number of carboxylic acid groups (broad SMARTS) is 1. The van der Waals surface area contributed by atoms with Gasteiger partial charge in [-0.3, -0.25) is 29.7 Å². The molecule has 0 aliphatic heterocycles. The van der Waals surface area contributed by atoms with Crippen molar-refractivity contribution in [2.75, 3.05) is 11.4 Å². The molecule has 0 bridgehead atoms. The van der Waals surface area contributed by atoms with Crippen LogP contribution in [0.15, 0.2) is 66.9 Å². The highest BCUT2D eigenvalue weighted by Gasteiger charge is 2.23. The van der Waals surface area contributed by atoms with Crippen molar-refractivity contribution in [1.82, 2.24) is 9.97 Å². The molecule has 0 spiro atoms. The summed E-state index contributed by atoms with van der Waals surface area (Å²) in [6.07, 6.45) is 2.23. The third-order valence-corrected chi connectivity index (χ3v) is 5.89. The van der Waals surface area contributed by atoms with E-state index in [2.05, 4.69) is 9.97 Å². The summed E-state index contributed by atoms with van der Waals surface area (Å²) in [4.78, 5) is 46.3. The highest BCUT2D eigenvalue weighted by molar-refractivity contribution is 6.12. The van der Waals surface area contributed by atoms with Crippen LogP contribution in [0.2, 0.25) is 0 Å². The molecule has 5 N–H and O–H groups in total. The number of rotatable bonds is 9. The van der Waals surface area contributed by atoms with Crippen molar-refractivity contribution >= 4 is 40.1 Å². The van der Waals surface area contributed by atoms with Gasteiger partial charge in [-0.15, -0.1) is 0 Å². The van der Waals surface area contributed by atoms with Crippen LogP contribution in [0.1, 0.15) is 44.1 Å². The first-order valence-corrected chi connectivity index (χ1v) is 11.3. The van der Waals surface area contributed by atoms with Crippen LogP contribution >= 0.6 is 0 Å². The van der Waals surface area contributed by atoms with E-state index in [4.69, 9.17) is 11.1 Å². The van der Waals surface area contributed by atoms with Gasteiger partial charge < -0.3 is 15.8 Å². The van der Waals surface area contributed by atoms with Crippen LogP contribution in [0, 0.1) is 12.3 Å². The first-order chi connectivity index (χ1) is 17.2. The van der Waals surface area contributed by atoms with Gasteiger partial charge in [0.15, 0.2) is 5.78 Å². The fraction of sp³-hybridized carbons (Fsp3) is 0.148. The number of nitrogen functional groups attached to an aromatic ring is 1. The number of aliphatic carboxylic acids is 1. The number of amidine groups is 1. The normalized spacial score (nSPS) is 10.8. The average Bonchev–Trinajstić information content (AvgIpc) is 3.21. The Hall–Kier alpha value is -4.79. The molecule has 2 aromatic carbocycles. The minimum absolute atomic E-state index is 0.0127. The number of nitrogens with one attached hydrogen (secondary N) is 2. The molecule has 0 unspecified atom stereocenters. The number of H-pyrrole nitrogens is 1. The standard InChI is InChI=1S/C27H25N5O4/c1-16-25(23(33)12-7-17-5-8-18(9-6-17)26(28)29)20-14-19(10-11-21(20)31-16)32(15-24(34)35)27(36)22-4-2-3-13-30-22/h2-6,8-11,13-14,31H,7,12,15H2,1H3,(H3,28,29)(H,34,35). The molecule has 182 valence electrons. The number of fused-ring (bicyclic) bond motifs is 1. The van der Waals surface area contributed by atoms with Crippen LogP contribution in [0.5, 0.6) is 0 Å². The number of ketones is 1. The van der Waals surface area contributed by atoms with Crippen LogP contribution < -0.4 is 10.6 Å². The van der Waals surface area contributed by atoms with Crippen LogP contribution in [-0.2, 0) is 11.2 Å². The van der Waals surface area contributed by atoms with Gasteiger partial charge in [-0.1, -0.05) is 30.3 Å². The summed E-state index contributed by atoms with van der Waals surface area (Å²) in [6.45, 7) is 1.26. The highest BCUT2D eigenvalue weighted by atomic mass is 16.4. The molecule has 0 atom stereocenters. The molecule has 9 nitrogen and oxygen atoms in total. The molecular formula is C27H25N5O4. The Morgan fingerprint density at radius 3 is 2.47 bits per heavy atom. The Bertz CT molecular complexity index is 1460. The third-order valence-electron chi connectivity index (χ3n) is 5.89. The van der Waals surface area contributed by atoms with E-state index >= 15 is 0 Å². The first-order valence-electron chi connectivity index (χ1n) is 11.3. The van der Waals surface area contributed by atoms with Crippen LogP contribution in [-0.4, -0.2) is 45.1 Å². The van der Waals surface area contributed by atoms with Gasteiger partial charge in [-0.25, -0.2) is 0 Å². The number of hydrogen-bond donors (Lipinski definition) is 4. The fourth-order valence-electron chi connectivity index (χ4n) is 4.12. The monoisotopic (exact) mass is 483 g/mol. The Labute approximate surface area is 207 Å². The largest absolute Gasteiger partial charge is 0.480 e. The molecule has 4 rings (SSSR count). The number of Topliss-reactive ketones (excluding diaryl/α,β-unsaturated/α-hetero) is 1. The number of aryl methyl sites for hydroxylation is 2. The summed E-state index contributed by atoms with van der Waals surface area (Å²) in [6, 6.07) is 17.1. The number of benzene rings is 2. The summed E-state index contributed by atoms with van der Waals surface area (Å²) in [5, 5.41) is 17.5. The number of aromatic amines is 1. The molecule has 1 amide bonds. The second-order valence-electron chi connectivity index (χ2n) is 8.39. The summed E-state index contributed by atoms with van der Waals surface area (Å²) >= 11 is 0. The molecule has 36 heavy (non-hydrogen) atoms. The molecule has 2 heterocycles. The predicted octanol–water partition coefficient (Wildman–Crippen LogP) is 3.70. The van der Waals surface area contributed by atoms with Crippen LogP contribution in [0.4, 0.5) is 5.69 Å². The zero-order chi connectivity index (χ0) is 25.8. The number of pyridine rings is 1. The van der Waals surface area contributed by atoms with E-state index in [0.717, 1.165) is 10.5 Å². The number of hydrogen-bond acceptors (Lipinski definition) is 5. The number of aromatic nitrogens is 2. The summed E-state index contributed by atoms with van der Waals surface area (Å²) in [7, 11) is 0. The van der Waals surface area contributed by atoms with E-state index < -0.39 is 18.4 Å². The molecule has 0 aliphatic rings. The Kier molecular flexibility index (Phi) is 6.91. The lowest BCUT2D eigenvalue weighted by Crippen LogP contribution is -2.36. The SMILES string of the molecule is Cc1[nH]c2ccc(N(CC(=O)O)C(=O)c3ccccn3)cc2c1C(=O)CCc1ccc(C(=N)N)cc1. The number of amides is 1. The van der Waals surface area contributed by atoms with Crippen LogP contribution in [0.3, 0.4) is 0 Å². The van der Waals surface area contributed by atoms with E-state index in [1.54, 1.807) is 42.5 Å². The quantitative estimate of drug-likeness (QED) is 0.162. The van der Waals surface area contributed by atoms with Crippen molar-refractivity contribution in [1.29, 1.82) is 5.41 Å². The Morgan fingerprint density at radius 2 is 1.83 bits per heavy atom. The van der Waals surface area contributed by atoms with Gasteiger partial charge in [0.1, 0.15) is 18.1 Å². The van der Waals surface area contributed by atoms with Crippen molar-refractivity contribution in [3.8, 4) is 0 Å². The lowest BCUT2D eigenvalue weighted by atomic mass is 9.99. The van der Waals surface area contributed by atoms with Gasteiger partial charge in [-0.05, 0) is 49.2 Å². The summed E-state index contributed by atoms with van der Waals surface area (Å²) in [5.74, 6) is -1.81. The first kappa shape index (κ1) is 24.3. The number of carboxylic acids is 1. The van der Waals surface area contributed by atoms with Gasteiger partial charge in [0.25, 0.3) is 5.91 Å². The van der Waals surface area contributed by atoms with E-state index in [1.807, 2.05) is 19.1 Å². The summed E-state index contributed by atoms with van der Waals surface area (Å²) in [5.41, 5.74) is 9.45. The van der Waals surface area contributed by atoms with Crippen molar-refractivity contribution in [3.63, 3.8) is 0 Å². The minimum atomic E-state index is -1.17. The molecule has 2 aromatic heterocycles. The van der Waals surface area contributed by atoms with Gasteiger partial charge in [0.2, 0.25) is 0 Å². The molecule has 9 heteroatoms. The zero-order valence-electron chi connectivity index (χ0n) is 19.6. The lowest BCUT2D eigenvalue weighted by molar-refractivity contribution is -0.135. The van der Waals surface area contributed by atoms with Crippen molar-refractivity contribution in [2.45, 2.75) is 19.8 Å². The predicted molar refractivity (Wildman–Crippen MR) is 137 cm³/mol. The highest BCUT2D eigenvalue weighted by Crippen LogP contribution is 2.29. The average molecular weight is 484 g/mol. The molecule has 0 saturated heterocycles. The topological polar surface area (TPSA) is 153 Å². The fourth-order valence-corrected chi connectivity index (χ4v) is 4.12. The van der Waals surface area contributed by atoms with E-state index in [9.17, 15) is 19.5 Å². The second-order valence-corrected chi connectivity index (χ2v) is 8.39. The maximum atomic E-state index is 13.2. The van der Waals surface area contributed by atoms with E-state index in [0.29, 0.717) is 39.8 Å². The third kappa shape index (κ3) is 5.15. The zero-order valence-corrected chi connectivity index (χ0v) is 19.6. The van der Waals surface area contributed by atoms with Crippen molar-refractivity contribution in [3.05, 3.63) is 94.9 Å². The second kappa shape index (κ2) is 10.2. The molecule has 4 aromatic rings. The number of nitrogens with two attached hydrogens (primary N) is 1. The molecule has 0 radical (unpaired) electrons. The molecule has 0 fully saturated rings. The van der Waals surface area contributed by atoms with Crippen molar-refractivity contribution < 1.29 is 19.5 Å². The van der Waals surface area contributed by atoms with E-state index in [1.165, 1.54) is 12.3 Å².